The molecule has 0 saturated carbocycles. The maximum Gasteiger partial charge on any atom is 0.128 e. The summed E-state index contributed by atoms with van der Waals surface area (Å²) in [5.74, 6) is -0.281. The van der Waals surface area contributed by atoms with Crippen LogP contribution in [0.1, 0.15) is 18.9 Å². The molecule has 1 aromatic carbocycles. The van der Waals surface area contributed by atoms with Crippen molar-refractivity contribution in [1.82, 2.24) is 5.32 Å². The van der Waals surface area contributed by atoms with Crippen molar-refractivity contribution >= 4 is 0 Å². The first-order valence-corrected chi connectivity index (χ1v) is 7.01. The van der Waals surface area contributed by atoms with Crippen LogP contribution in [0.2, 0.25) is 0 Å². The van der Waals surface area contributed by atoms with Gasteiger partial charge in [-0.1, -0.05) is 18.2 Å². The molecule has 0 aromatic heterocycles. The van der Waals surface area contributed by atoms with Gasteiger partial charge in [-0.3, -0.25) is 0 Å². The fourth-order valence-corrected chi connectivity index (χ4v) is 1.69. The summed E-state index contributed by atoms with van der Waals surface area (Å²) in [4.78, 5) is 0. The van der Waals surface area contributed by atoms with E-state index < -0.39 is 6.10 Å². The summed E-state index contributed by atoms with van der Waals surface area (Å²) < 4.78 is 23.8. The number of rotatable bonds is 11. The van der Waals surface area contributed by atoms with E-state index in [0.29, 0.717) is 12.1 Å². The van der Waals surface area contributed by atoms with Gasteiger partial charge in [0, 0.05) is 25.3 Å². The molecule has 0 aliphatic heterocycles. The van der Waals surface area contributed by atoms with Crippen LogP contribution < -0.4 is 5.32 Å². The van der Waals surface area contributed by atoms with Crippen molar-refractivity contribution in [2.24, 2.45) is 0 Å². The lowest BCUT2D eigenvalue weighted by molar-refractivity contribution is 0.0276. The summed E-state index contributed by atoms with van der Waals surface area (Å²) in [6.07, 6.45) is 0.324. The van der Waals surface area contributed by atoms with E-state index >= 15 is 0 Å². The van der Waals surface area contributed by atoms with Gasteiger partial charge in [-0.05, 0) is 26.0 Å². The summed E-state index contributed by atoms with van der Waals surface area (Å²) in [6.45, 7) is 5.04. The van der Waals surface area contributed by atoms with Crippen LogP contribution in [0, 0.1) is 5.82 Å². The zero-order valence-corrected chi connectivity index (χ0v) is 12.0. The van der Waals surface area contributed by atoms with Gasteiger partial charge in [0.2, 0.25) is 0 Å². The fourth-order valence-electron chi connectivity index (χ4n) is 1.69. The maximum atomic E-state index is 13.3. The highest BCUT2D eigenvalue weighted by Crippen LogP contribution is 2.07. The van der Waals surface area contributed by atoms with Crippen molar-refractivity contribution < 1.29 is 19.0 Å². The Morgan fingerprint density at radius 2 is 2.10 bits per heavy atom. The van der Waals surface area contributed by atoms with E-state index in [2.05, 4.69) is 5.32 Å². The molecule has 1 atom stereocenters. The predicted octanol–water partition coefficient (Wildman–Crippen LogP) is 1.72. The molecule has 0 aliphatic rings. The van der Waals surface area contributed by atoms with Crippen LogP contribution in [-0.2, 0) is 16.1 Å². The second kappa shape index (κ2) is 10.7. The molecule has 0 amide bonds. The smallest absolute Gasteiger partial charge is 0.128 e. The van der Waals surface area contributed by atoms with Crippen molar-refractivity contribution in [2.75, 3.05) is 32.9 Å². The zero-order valence-electron chi connectivity index (χ0n) is 12.0. The predicted molar refractivity (Wildman–Crippen MR) is 76.0 cm³/mol. The molecule has 5 heteroatoms. The Bertz CT molecular complexity index is 363. The highest BCUT2D eigenvalue weighted by atomic mass is 19.1. The van der Waals surface area contributed by atoms with Crippen molar-refractivity contribution in [3.05, 3.63) is 35.6 Å². The molecular weight excluding hydrogens is 261 g/mol. The van der Waals surface area contributed by atoms with Crippen molar-refractivity contribution in [3.63, 3.8) is 0 Å². The molecule has 0 bridgehead atoms. The Morgan fingerprint density at radius 3 is 2.85 bits per heavy atom. The minimum absolute atomic E-state index is 0.175. The lowest BCUT2D eigenvalue weighted by Crippen LogP contribution is -2.31. The van der Waals surface area contributed by atoms with Crippen LogP contribution in [-0.4, -0.2) is 44.1 Å². The Balaban J connectivity index is 2.03. The molecule has 20 heavy (non-hydrogen) atoms. The van der Waals surface area contributed by atoms with Gasteiger partial charge in [0.1, 0.15) is 5.82 Å². The molecule has 4 nitrogen and oxygen atoms in total. The van der Waals surface area contributed by atoms with Crippen LogP contribution in [0.3, 0.4) is 0 Å². The van der Waals surface area contributed by atoms with Crippen LogP contribution >= 0.6 is 0 Å². The Labute approximate surface area is 119 Å². The van der Waals surface area contributed by atoms with Crippen LogP contribution in [0.5, 0.6) is 0 Å². The largest absolute Gasteiger partial charge is 0.389 e. The molecule has 0 spiro atoms. The zero-order chi connectivity index (χ0) is 14.6. The molecule has 0 aliphatic carbocycles. The van der Waals surface area contributed by atoms with E-state index in [1.54, 1.807) is 18.2 Å². The minimum atomic E-state index is -0.589. The molecule has 2 N–H and O–H groups in total. The summed E-state index contributed by atoms with van der Waals surface area (Å²) in [7, 11) is 0. The van der Waals surface area contributed by atoms with Gasteiger partial charge >= 0.3 is 0 Å². The minimum Gasteiger partial charge on any atom is -0.389 e. The fraction of sp³-hybridized carbons (Fsp3) is 0.600. The van der Waals surface area contributed by atoms with E-state index in [-0.39, 0.29) is 19.0 Å². The van der Waals surface area contributed by atoms with Crippen molar-refractivity contribution in [2.45, 2.75) is 26.1 Å². The number of aliphatic hydroxyl groups is 1. The van der Waals surface area contributed by atoms with Crippen LogP contribution in [0.4, 0.5) is 4.39 Å². The highest BCUT2D eigenvalue weighted by Gasteiger charge is 2.05. The Hall–Kier alpha value is -1.01. The molecule has 1 unspecified atom stereocenters. The number of hydrogen-bond donors (Lipinski definition) is 2. The van der Waals surface area contributed by atoms with Gasteiger partial charge in [-0.15, -0.1) is 0 Å². The molecule has 114 valence electrons. The SMILES string of the molecule is CCOCCCNCC(O)COCc1ccccc1F. The molecule has 1 aromatic rings. The summed E-state index contributed by atoms with van der Waals surface area (Å²) in [5, 5.41) is 12.8. The first kappa shape index (κ1) is 17.0. The van der Waals surface area contributed by atoms with Gasteiger partial charge in [-0.25, -0.2) is 4.39 Å². The summed E-state index contributed by atoms with van der Waals surface area (Å²) >= 11 is 0. The van der Waals surface area contributed by atoms with E-state index in [1.807, 2.05) is 6.92 Å². The molecule has 0 radical (unpaired) electrons. The third-order valence-corrected chi connectivity index (χ3v) is 2.75. The topological polar surface area (TPSA) is 50.7 Å². The van der Waals surface area contributed by atoms with Gasteiger partial charge in [0.15, 0.2) is 0 Å². The molecule has 1 rings (SSSR count). The number of hydrogen-bond acceptors (Lipinski definition) is 4. The lowest BCUT2D eigenvalue weighted by atomic mass is 10.2. The molecule has 0 heterocycles. The number of benzene rings is 1. The summed E-state index contributed by atoms with van der Waals surface area (Å²) in [5.41, 5.74) is 0.504. The standard InChI is InChI=1S/C15H24FNO3/c1-2-19-9-5-8-17-10-14(18)12-20-11-13-6-3-4-7-15(13)16/h3-4,6-7,14,17-18H,2,5,8-12H2,1H3. The highest BCUT2D eigenvalue weighted by molar-refractivity contribution is 5.16. The van der Waals surface area contributed by atoms with Crippen molar-refractivity contribution in [3.8, 4) is 0 Å². The van der Waals surface area contributed by atoms with E-state index in [4.69, 9.17) is 9.47 Å². The Kier molecular flexibility index (Phi) is 9.15. The van der Waals surface area contributed by atoms with Gasteiger partial charge in [0.05, 0.1) is 19.3 Å². The first-order valence-electron chi connectivity index (χ1n) is 7.01. The van der Waals surface area contributed by atoms with Gasteiger partial charge in [0.25, 0.3) is 0 Å². The third-order valence-electron chi connectivity index (χ3n) is 2.75. The second-order valence-electron chi connectivity index (χ2n) is 4.51. The van der Waals surface area contributed by atoms with Crippen molar-refractivity contribution in [1.29, 1.82) is 0 Å². The monoisotopic (exact) mass is 285 g/mol. The average Bonchev–Trinajstić information content (AvgIpc) is 2.45. The molecule has 0 saturated heterocycles. The van der Waals surface area contributed by atoms with Gasteiger partial charge < -0.3 is 19.9 Å². The molecular formula is C15H24FNO3. The van der Waals surface area contributed by atoms with Crippen LogP contribution in [0.15, 0.2) is 24.3 Å². The molecule has 0 fully saturated rings. The number of ether oxygens (including phenoxy) is 2. The first-order chi connectivity index (χ1) is 9.74. The lowest BCUT2D eigenvalue weighted by Gasteiger charge is -2.12. The van der Waals surface area contributed by atoms with E-state index in [0.717, 1.165) is 26.2 Å². The normalized spacial score (nSPS) is 12.6. The number of halogens is 1. The Morgan fingerprint density at radius 1 is 1.30 bits per heavy atom. The second-order valence-corrected chi connectivity index (χ2v) is 4.51. The third kappa shape index (κ3) is 7.55. The summed E-state index contributed by atoms with van der Waals surface area (Å²) in [6, 6.07) is 6.47. The average molecular weight is 285 g/mol. The quantitative estimate of drug-likeness (QED) is 0.608. The van der Waals surface area contributed by atoms with Crippen LogP contribution in [0.25, 0.3) is 0 Å². The maximum absolute atomic E-state index is 13.3. The van der Waals surface area contributed by atoms with E-state index in [9.17, 15) is 9.50 Å². The van der Waals surface area contributed by atoms with E-state index in [1.165, 1.54) is 6.07 Å². The number of aliphatic hydroxyl groups excluding tert-OH is 1. The number of nitrogens with one attached hydrogen (secondary N) is 1. The van der Waals surface area contributed by atoms with Gasteiger partial charge in [-0.2, -0.15) is 0 Å².